The first kappa shape index (κ1) is 24.7. The summed E-state index contributed by atoms with van der Waals surface area (Å²) < 4.78 is 0. The third-order valence-corrected chi connectivity index (χ3v) is 3.65. The maximum atomic E-state index is 12.4. The van der Waals surface area contributed by atoms with Gasteiger partial charge in [-0.1, -0.05) is 0 Å². The summed E-state index contributed by atoms with van der Waals surface area (Å²) in [6.45, 7) is 0.448. The van der Waals surface area contributed by atoms with Crippen LogP contribution in [0.2, 0.25) is 0 Å². The Morgan fingerprint density at radius 2 is 1.56 bits per heavy atom. The lowest BCUT2D eigenvalue weighted by molar-refractivity contribution is -0.145. The van der Waals surface area contributed by atoms with E-state index in [0.717, 1.165) is 0 Å². The first-order valence-corrected chi connectivity index (χ1v) is 8.49. The van der Waals surface area contributed by atoms with Gasteiger partial charge in [0.05, 0.1) is 19.3 Å². The van der Waals surface area contributed by atoms with Crippen molar-refractivity contribution >= 4 is 23.7 Å². The minimum Gasteiger partial charge on any atom is -0.480 e. The lowest BCUT2D eigenvalue weighted by atomic mass is 10.1. The number of aliphatic carboxylic acids is 1. The molecule has 27 heavy (non-hydrogen) atoms. The number of carboxylic acids is 1. The fourth-order valence-corrected chi connectivity index (χ4v) is 2.12. The number of aliphatic hydroxyl groups excluding tert-OH is 2. The van der Waals surface area contributed by atoms with Crippen molar-refractivity contribution in [3.63, 3.8) is 0 Å². The molecule has 12 nitrogen and oxygen atoms in total. The van der Waals surface area contributed by atoms with Gasteiger partial charge < -0.3 is 42.7 Å². The molecular formula is C15H29N5O7. The van der Waals surface area contributed by atoms with Crippen LogP contribution in [0.25, 0.3) is 0 Å². The highest BCUT2D eigenvalue weighted by atomic mass is 16.4. The molecule has 10 N–H and O–H groups in total. The lowest BCUT2D eigenvalue weighted by Crippen LogP contribution is -2.58. The predicted octanol–water partition coefficient (Wildman–Crippen LogP) is -4.01. The van der Waals surface area contributed by atoms with Crippen molar-refractivity contribution in [2.45, 2.75) is 50.4 Å². The number of unbranched alkanes of at least 4 members (excludes halogenated alkanes) is 1. The van der Waals surface area contributed by atoms with E-state index in [0.29, 0.717) is 19.4 Å². The fraction of sp³-hybridized carbons (Fsp3) is 0.733. The molecule has 0 saturated heterocycles. The van der Waals surface area contributed by atoms with Gasteiger partial charge in [0.15, 0.2) is 6.04 Å². The number of carbonyl (C=O) groups is 4. The molecule has 3 amide bonds. The van der Waals surface area contributed by atoms with Crippen LogP contribution < -0.4 is 27.4 Å². The van der Waals surface area contributed by atoms with Gasteiger partial charge in [-0.05, 0) is 32.7 Å². The smallest absolute Gasteiger partial charge is 0.328 e. The van der Waals surface area contributed by atoms with Gasteiger partial charge in [-0.15, -0.1) is 0 Å². The van der Waals surface area contributed by atoms with E-state index >= 15 is 0 Å². The number of hydrogen-bond donors (Lipinski definition) is 8. The first-order chi connectivity index (χ1) is 12.7. The Morgan fingerprint density at radius 1 is 0.963 bits per heavy atom. The van der Waals surface area contributed by atoms with Gasteiger partial charge in [0, 0.05) is 0 Å². The lowest BCUT2D eigenvalue weighted by Gasteiger charge is -2.24. The number of aliphatic hydroxyl groups is 2. The van der Waals surface area contributed by atoms with E-state index in [1.807, 2.05) is 0 Å². The number of hydrogen-bond acceptors (Lipinski definition) is 8. The quantitative estimate of drug-likeness (QED) is 0.143. The van der Waals surface area contributed by atoms with Crippen molar-refractivity contribution < 1.29 is 34.5 Å². The van der Waals surface area contributed by atoms with Gasteiger partial charge in [-0.25, -0.2) is 4.79 Å². The van der Waals surface area contributed by atoms with Crippen molar-refractivity contribution in [2.24, 2.45) is 11.5 Å². The molecule has 0 aliphatic heterocycles. The molecule has 0 aliphatic rings. The van der Waals surface area contributed by atoms with Gasteiger partial charge in [0.25, 0.3) is 0 Å². The van der Waals surface area contributed by atoms with Gasteiger partial charge >= 0.3 is 5.97 Å². The zero-order chi connectivity index (χ0) is 21.0. The highest BCUT2D eigenvalue weighted by Gasteiger charge is 2.30. The molecule has 4 atom stereocenters. The average molecular weight is 391 g/mol. The molecular weight excluding hydrogens is 362 g/mol. The second kappa shape index (κ2) is 13.0. The van der Waals surface area contributed by atoms with E-state index in [-0.39, 0.29) is 6.42 Å². The summed E-state index contributed by atoms with van der Waals surface area (Å²) in [5.74, 6) is -3.77. The number of nitrogens with one attached hydrogen (secondary N) is 3. The highest BCUT2D eigenvalue weighted by molar-refractivity contribution is 5.93. The van der Waals surface area contributed by atoms with Crippen molar-refractivity contribution in [1.82, 2.24) is 16.0 Å². The first-order valence-electron chi connectivity index (χ1n) is 8.49. The van der Waals surface area contributed by atoms with E-state index in [4.69, 9.17) is 16.6 Å². The Balaban J connectivity index is 5.15. The van der Waals surface area contributed by atoms with Gasteiger partial charge in [-0.3, -0.25) is 14.4 Å². The van der Waals surface area contributed by atoms with Crippen molar-refractivity contribution in [2.75, 3.05) is 19.7 Å². The molecule has 0 spiro atoms. The van der Waals surface area contributed by atoms with Crippen molar-refractivity contribution in [3.05, 3.63) is 0 Å². The Bertz CT molecular complexity index is 515. The van der Waals surface area contributed by atoms with Crippen LogP contribution >= 0.6 is 0 Å². The highest BCUT2D eigenvalue weighted by Crippen LogP contribution is 2.04. The van der Waals surface area contributed by atoms with Gasteiger partial charge in [0.2, 0.25) is 17.7 Å². The predicted molar refractivity (Wildman–Crippen MR) is 94.2 cm³/mol. The van der Waals surface area contributed by atoms with Crippen molar-refractivity contribution in [3.8, 4) is 0 Å². The van der Waals surface area contributed by atoms with Crippen LogP contribution in [0, 0.1) is 0 Å². The minimum absolute atomic E-state index is 0.143. The van der Waals surface area contributed by atoms with Gasteiger partial charge in [-0.2, -0.15) is 0 Å². The molecule has 12 heteroatoms. The summed E-state index contributed by atoms with van der Waals surface area (Å²) in [6.07, 6.45) is -0.198. The van der Waals surface area contributed by atoms with Crippen LogP contribution in [0.15, 0.2) is 0 Å². The third kappa shape index (κ3) is 9.28. The normalized spacial score (nSPS) is 15.1. The van der Waals surface area contributed by atoms with E-state index < -0.39 is 61.1 Å². The molecule has 0 radical (unpaired) electrons. The van der Waals surface area contributed by atoms with Crippen LogP contribution in [0.3, 0.4) is 0 Å². The molecule has 0 rings (SSSR count). The topological polar surface area (TPSA) is 217 Å². The van der Waals surface area contributed by atoms with E-state index in [2.05, 4.69) is 16.0 Å². The van der Waals surface area contributed by atoms with Gasteiger partial charge in [0.1, 0.15) is 12.1 Å². The van der Waals surface area contributed by atoms with E-state index in [1.54, 1.807) is 0 Å². The molecule has 0 aliphatic carbocycles. The third-order valence-electron chi connectivity index (χ3n) is 3.65. The van der Waals surface area contributed by atoms with Crippen LogP contribution in [0.5, 0.6) is 0 Å². The zero-order valence-corrected chi connectivity index (χ0v) is 15.2. The number of amides is 3. The van der Waals surface area contributed by atoms with E-state index in [9.17, 15) is 29.4 Å². The Hall–Kier alpha value is -2.28. The molecule has 156 valence electrons. The number of carboxylic acid groups (broad SMARTS) is 1. The number of rotatable bonds is 13. The fourth-order valence-electron chi connectivity index (χ4n) is 2.12. The molecule has 0 saturated carbocycles. The van der Waals surface area contributed by atoms with E-state index in [1.165, 1.54) is 6.92 Å². The zero-order valence-electron chi connectivity index (χ0n) is 15.2. The Labute approximate surface area is 156 Å². The van der Waals surface area contributed by atoms with Crippen LogP contribution in [0.4, 0.5) is 0 Å². The minimum atomic E-state index is -1.56. The largest absolute Gasteiger partial charge is 0.480 e. The molecule has 0 bridgehead atoms. The summed E-state index contributed by atoms with van der Waals surface area (Å²) in [7, 11) is 0. The van der Waals surface area contributed by atoms with Crippen LogP contribution in [-0.2, 0) is 19.2 Å². The van der Waals surface area contributed by atoms with Crippen molar-refractivity contribution in [1.29, 1.82) is 0 Å². The second-order valence-corrected chi connectivity index (χ2v) is 5.92. The molecule has 0 aromatic carbocycles. The monoisotopic (exact) mass is 391 g/mol. The average Bonchev–Trinajstić information content (AvgIpc) is 2.62. The molecule has 0 heterocycles. The Kier molecular flexibility index (Phi) is 11.9. The number of carbonyl (C=O) groups excluding carboxylic acids is 3. The standard InChI is InChI=1S/C15H29N5O7/c1-8(22)12(15(26)27)20-13(24)9(4-2-3-5-16)19-14(25)10(7-21)18-11(23)6-17/h8-10,12,21-22H,2-7,16-17H2,1H3,(H,18,23)(H,19,25)(H,20,24)(H,26,27). The summed E-state index contributed by atoms with van der Waals surface area (Å²) >= 11 is 0. The number of nitrogens with two attached hydrogens (primary N) is 2. The summed E-state index contributed by atoms with van der Waals surface area (Å²) in [4.78, 5) is 47.0. The summed E-state index contributed by atoms with van der Waals surface area (Å²) in [5.41, 5.74) is 10.5. The molecule has 0 aromatic heterocycles. The maximum absolute atomic E-state index is 12.4. The summed E-state index contributed by atoms with van der Waals surface area (Å²) in [5, 5.41) is 34.5. The molecule has 0 fully saturated rings. The Morgan fingerprint density at radius 3 is 2.00 bits per heavy atom. The SMILES string of the molecule is CC(O)C(NC(=O)C(CCCCN)NC(=O)C(CO)NC(=O)CN)C(=O)O. The summed E-state index contributed by atoms with van der Waals surface area (Å²) in [6, 6.07) is -4.02. The van der Waals surface area contributed by atoms with Crippen LogP contribution in [0.1, 0.15) is 26.2 Å². The molecule has 0 aromatic rings. The molecule has 4 unspecified atom stereocenters. The second-order valence-electron chi connectivity index (χ2n) is 5.92. The van der Waals surface area contributed by atoms with Crippen LogP contribution in [-0.4, -0.2) is 82.9 Å². The maximum Gasteiger partial charge on any atom is 0.328 e.